The largest absolute Gasteiger partial charge is 0.122 e. The number of halogens is 2. The molecule has 3 radical (unpaired) electrons. The second-order valence-corrected chi connectivity index (χ2v) is 3.67. The normalized spacial score (nSPS) is 13.1. The molecule has 0 saturated heterocycles. The molecule has 0 fully saturated rings. The summed E-state index contributed by atoms with van der Waals surface area (Å²) >= 11 is 11.5. The average Bonchev–Trinajstić information content (AvgIpc) is 1.88. The Hall–Kier alpha value is 0.0169. The summed E-state index contributed by atoms with van der Waals surface area (Å²) in [5.74, 6) is 0. The monoisotopic (exact) mass is 187 g/mol. The number of benzene rings is 1. The molecule has 1 unspecified atom stereocenters. The van der Waals surface area contributed by atoms with Gasteiger partial charge in [-0.05, 0) is 11.6 Å². The minimum Gasteiger partial charge on any atom is -0.122 e. The Kier molecular flexibility index (Phi) is 2.78. The topological polar surface area (TPSA) is 0 Å². The Bertz CT molecular complexity index is 223. The molecule has 1 rings (SSSR count). The molecule has 0 amide bonds. The molecule has 1 aromatic carbocycles. The van der Waals surface area contributed by atoms with Gasteiger partial charge in [0.15, 0.2) is 0 Å². The molecular formula is C7H5Cl2Si. The standard InChI is InChI=1S/C7H5Cl2Si/c8-6-4-2-1-3-5(6)7(9)10/h1-4,7H. The lowest BCUT2D eigenvalue weighted by Crippen LogP contribution is -1.88. The SMILES string of the molecule is [Si]C(Cl)c1ccccc1Cl. The number of hydrogen-bond donors (Lipinski definition) is 0. The Morgan fingerprint density at radius 1 is 1.30 bits per heavy atom. The average molecular weight is 188 g/mol. The fourth-order valence-electron chi connectivity index (χ4n) is 0.681. The lowest BCUT2D eigenvalue weighted by molar-refractivity contribution is 1.35. The maximum atomic E-state index is 5.80. The van der Waals surface area contributed by atoms with Crippen molar-refractivity contribution in [3.63, 3.8) is 0 Å². The molecular weight excluding hydrogens is 183 g/mol. The van der Waals surface area contributed by atoms with Crippen LogP contribution in [-0.4, -0.2) is 10.2 Å². The summed E-state index contributed by atoms with van der Waals surface area (Å²) in [4.78, 5) is 0. The van der Waals surface area contributed by atoms with E-state index < -0.39 is 0 Å². The first-order valence-electron chi connectivity index (χ1n) is 2.81. The lowest BCUT2D eigenvalue weighted by atomic mass is 10.2. The summed E-state index contributed by atoms with van der Waals surface area (Å²) in [5, 5.41) is 0.492. The van der Waals surface area contributed by atoms with Crippen molar-refractivity contribution in [2.75, 3.05) is 0 Å². The van der Waals surface area contributed by atoms with Gasteiger partial charge in [0.25, 0.3) is 0 Å². The molecule has 0 heterocycles. The number of rotatable bonds is 1. The van der Waals surface area contributed by atoms with Crippen LogP contribution in [0, 0.1) is 0 Å². The fraction of sp³-hybridized carbons (Fsp3) is 0.143. The Labute approximate surface area is 73.6 Å². The minimum atomic E-state index is -0.200. The minimum absolute atomic E-state index is 0.200. The molecule has 0 aromatic heterocycles. The summed E-state index contributed by atoms with van der Waals surface area (Å²) in [7, 11) is 3.26. The highest BCUT2D eigenvalue weighted by molar-refractivity contribution is 6.42. The van der Waals surface area contributed by atoms with Gasteiger partial charge in [0, 0.05) is 10.0 Å². The van der Waals surface area contributed by atoms with Crippen molar-refractivity contribution in [1.29, 1.82) is 0 Å². The van der Waals surface area contributed by atoms with Gasteiger partial charge in [-0.2, -0.15) is 0 Å². The Balaban J connectivity index is 3.03. The molecule has 3 heteroatoms. The van der Waals surface area contributed by atoms with E-state index in [2.05, 4.69) is 10.2 Å². The van der Waals surface area contributed by atoms with E-state index in [1.807, 2.05) is 24.3 Å². The van der Waals surface area contributed by atoms with Crippen LogP contribution in [0.15, 0.2) is 24.3 Å². The molecule has 10 heavy (non-hydrogen) atoms. The van der Waals surface area contributed by atoms with E-state index in [0.29, 0.717) is 5.02 Å². The molecule has 0 N–H and O–H groups in total. The third-order valence-corrected chi connectivity index (χ3v) is 2.07. The van der Waals surface area contributed by atoms with Crippen LogP contribution in [0.25, 0.3) is 0 Å². The molecule has 1 atom stereocenters. The van der Waals surface area contributed by atoms with Crippen molar-refractivity contribution in [2.45, 2.75) is 5.00 Å². The highest BCUT2D eigenvalue weighted by atomic mass is 35.5. The van der Waals surface area contributed by atoms with Gasteiger partial charge in [-0.25, -0.2) is 0 Å². The molecule has 0 aliphatic heterocycles. The second-order valence-electron chi connectivity index (χ2n) is 1.88. The van der Waals surface area contributed by atoms with Crippen molar-refractivity contribution in [3.05, 3.63) is 34.9 Å². The van der Waals surface area contributed by atoms with E-state index in [-0.39, 0.29) is 5.00 Å². The summed E-state index contributed by atoms with van der Waals surface area (Å²) < 4.78 is 0. The number of hydrogen-bond acceptors (Lipinski definition) is 0. The quantitative estimate of drug-likeness (QED) is 0.469. The summed E-state index contributed by atoms with van der Waals surface area (Å²) in [5.41, 5.74) is 0.905. The highest BCUT2D eigenvalue weighted by Gasteiger charge is 2.03. The van der Waals surface area contributed by atoms with Crippen LogP contribution < -0.4 is 0 Å². The van der Waals surface area contributed by atoms with Crippen molar-refractivity contribution < 1.29 is 0 Å². The van der Waals surface area contributed by atoms with E-state index in [1.54, 1.807) is 0 Å². The van der Waals surface area contributed by atoms with Gasteiger partial charge in [0.2, 0.25) is 0 Å². The second kappa shape index (κ2) is 3.42. The predicted octanol–water partition coefficient (Wildman–Crippen LogP) is 2.75. The van der Waals surface area contributed by atoms with Gasteiger partial charge in [-0.1, -0.05) is 29.8 Å². The molecule has 51 valence electrons. The zero-order valence-electron chi connectivity index (χ0n) is 5.14. The van der Waals surface area contributed by atoms with Crippen LogP contribution in [0.4, 0.5) is 0 Å². The van der Waals surface area contributed by atoms with Crippen molar-refractivity contribution in [3.8, 4) is 0 Å². The fourth-order valence-corrected chi connectivity index (χ4v) is 1.51. The summed E-state index contributed by atoms with van der Waals surface area (Å²) in [6.45, 7) is 0. The van der Waals surface area contributed by atoms with Crippen LogP contribution >= 0.6 is 23.2 Å². The van der Waals surface area contributed by atoms with Crippen molar-refractivity contribution >= 4 is 33.4 Å². The molecule has 0 aliphatic rings. The zero-order chi connectivity index (χ0) is 7.56. The lowest BCUT2D eigenvalue weighted by Gasteiger charge is -2.03. The van der Waals surface area contributed by atoms with Crippen molar-refractivity contribution in [1.82, 2.24) is 0 Å². The van der Waals surface area contributed by atoms with Crippen LogP contribution in [0.2, 0.25) is 5.02 Å². The maximum absolute atomic E-state index is 5.80. The molecule has 1 aromatic rings. The van der Waals surface area contributed by atoms with E-state index in [0.717, 1.165) is 5.56 Å². The van der Waals surface area contributed by atoms with Crippen LogP contribution in [0.5, 0.6) is 0 Å². The third kappa shape index (κ3) is 1.75. The van der Waals surface area contributed by atoms with Gasteiger partial charge in [0.1, 0.15) is 0 Å². The summed E-state index contributed by atoms with van der Waals surface area (Å²) in [6, 6.07) is 7.47. The van der Waals surface area contributed by atoms with Crippen LogP contribution in [-0.2, 0) is 0 Å². The van der Waals surface area contributed by atoms with Crippen LogP contribution in [0.1, 0.15) is 10.6 Å². The number of alkyl halides is 1. The third-order valence-electron chi connectivity index (χ3n) is 1.18. The summed E-state index contributed by atoms with van der Waals surface area (Å²) in [6.07, 6.45) is 0. The van der Waals surface area contributed by atoms with E-state index in [4.69, 9.17) is 23.2 Å². The van der Waals surface area contributed by atoms with Gasteiger partial charge in [-0.15, -0.1) is 11.6 Å². The molecule has 0 bridgehead atoms. The van der Waals surface area contributed by atoms with Gasteiger partial charge in [-0.3, -0.25) is 0 Å². The smallest absolute Gasteiger partial charge is 0.0554 e. The van der Waals surface area contributed by atoms with Crippen LogP contribution in [0.3, 0.4) is 0 Å². The maximum Gasteiger partial charge on any atom is 0.0554 e. The van der Waals surface area contributed by atoms with E-state index >= 15 is 0 Å². The molecule has 0 aliphatic carbocycles. The van der Waals surface area contributed by atoms with E-state index in [1.165, 1.54) is 0 Å². The first-order chi connectivity index (χ1) is 4.72. The first-order valence-corrected chi connectivity index (χ1v) is 4.20. The van der Waals surface area contributed by atoms with Gasteiger partial charge in [0.05, 0.1) is 10.2 Å². The molecule has 0 nitrogen and oxygen atoms in total. The highest BCUT2D eigenvalue weighted by Crippen LogP contribution is 2.24. The van der Waals surface area contributed by atoms with E-state index in [9.17, 15) is 0 Å². The zero-order valence-corrected chi connectivity index (χ0v) is 7.65. The van der Waals surface area contributed by atoms with Gasteiger partial charge < -0.3 is 0 Å². The van der Waals surface area contributed by atoms with Crippen molar-refractivity contribution in [2.24, 2.45) is 0 Å². The molecule has 0 saturated carbocycles. The molecule has 0 spiro atoms. The first kappa shape index (κ1) is 8.12. The Morgan fingerprint density at radius 2 is 1.90 bits per heavy atom. The Morgan fingerprint density at radius 3 is 2.30 bits per heavy atom. The van der Waals surface area contributed by atoms with Gasteiger partial charge >= 0.3 is 0 Å². The predicted molar refractivity (Wildman–Crippen MR) is 45.8 cm³/mol.